The van der Waals surface area contributed by atoms with E-state index in [-0.39, 0.29) is 11.8 Å². The molecule has 1 amide bonds. The van der Waals surface area contributed by atoms with Crippen molar-refractivity contribution in [3.8, 4) is 0 Å². The monoisotopic (exact) mass is 440 g/mol. The van der Waals surface area contributed by atoms with E-state index >= 15 is 0 Å². The molecular weight excluding hydrogens is 408 g/mol. The van der Waals surface area contributed by atoms with E-state index in [1.165, 1.54) is 23.1 Å². The predicted octanol–water partition coefficient (Wildman–Crippen LogP) is 3.93. The van der Waals surface area contributed by atoms with Gasteiger partial charge < -0.3 is 4.90 Å². The molecule has 5 nitrogen and oxygen atoms in total. The standard InChI is InChI=1S/C25H32N2O3S/c1-19-7-3-4-10-23(19)18-26(2)25(28)21-13-15-27(16-14-21)31(29,30)24-12-11-20-8-5-6-9-22(20)17-24/h3-4,7,10-12,17,21H,5-6,8-9,13-16,18H2,1-2H3. The number of piperidine rings is 1. The Morgan fingerprint density at radius 2 is 1.71 bits per heavy atom. The fraction of sp³-hybridized carbons (Fsp3) is 0.480. The lowest BCUT2D eigenvalue weighted by Gasteiger charge is -2.33. The van der Waals surface area contributed by atoms with Gasteiger partial charge in [-0.3, -0.25) is 4.79 Å². The molecule has 0 saturated carbocycles. The summed E-state index contributed by atoms with van der Waals surface area (Å²) in [5, 5.41) is 0. The average Bonchev–Trinajstić information content (AvgIpc) is 2.79. The van der Waals surface area contributed by atoms with Crippen molar-refractivity contribution in [2.24, 2.45) is 5.92 Å². The van der Waals surface area contributed by atoms with Crippen molar-refractivity contribution in [1.82, 2.24) is 9.21 Å². The summed E-state index contributed by atoms with van der Waals surface area (Å²) < 4.78 is 27.9. The molecule has 2 aliphatic rings. The second-order valence-corrected chi connectivity index (χ2v) is 10.9. The lowest BCUT2D eigenvalue weighted by Crippen LogP contribution is -2.43. The number of carbonyl (C=O) groups is 1. The molecule has 166 valence electrons. The lowest BCUT2D eigenvalue weighted by atomic mass is 9.92. The Kier molecular flexibility index (Phi) is 6.49. The van der Waals surface area contributed by atoms with E-state index in [9.17, 15) is 13.2 Å². The summed E-state index contributed by atoms with van der Waals surface area (Å²) in [6, 6.07) is 13.7. The van der Waals surface area contributed by atoms with Crippen LogP contribution < -0.4 is 0 Å². The second-order valence-electron chi connectivity index (χ2n) is 8.94. The van der Waals surface area contributed by atoms with Crippen molar-refractivity contribution >= 4 is 15.9 Å². The summed E-state index contributed by atoms with van der Waals surface area (Å²) in [6.07, 6.45) is 5.45. The summed E-state index contributed by atoms with van der Waals surface area (Å²) >= 11 is 0. The number of nitrogens with zero attached hydrogens (tertiary/aromatic N) is 2. The van der Waals surface area contributed by atoms with Crippen LogP contribution >= 0.6 is 0 Å². The van der Waals surface area contributed by atoms with E-state index < -0.39 is 10.0 Å². The summed E-state index contributed by atoms with van der Waals surface area (Å²) in [5.41, 5.74) is 4.78. The Morgan fingerprint density at radius 1 is 1.03 bits per heavy atom. The van der Waals surface area contributed by atoms with Gasteiger partial charge in [-0.15, -0.1) is 0 Å². The normalized spacial score (nSPS) is 17.9. The maximum Gasteiger partial charge on any atom is 0.243 e. The molecule has 1 aliphatic carbocycles. The van der Waals surface area contributed by atoms with E-state index in [1.54, 1.807) is 15.3 Å². The van der Waals surface area contributed by atoms with Crippen molar-refractivity contribution in [1.29, 1.82) is 0 Å². The molecule has 0 atom stereocenters. The minimum atomic E-state index is -3.51. The van der Waals surface area contributed by atoms with Crippen LogP contribution in [0.2, 0.25) is 0 Å². The number of sulfonamides is 1. The van der Waals surface area contributed by atoms with Gasteiger partial charge in [0.05, 0.1) is 4.90 Å². The van der Waals surface area contributed by atoms with Gasteiger partial charge in [0.1, 0.15) is 0 Å². The highest BCUT2D eigenvalue weighted by Gasteiger charge is 2.33. The first-order valence-electron chi connectivity index (χ1n) is 11.3. The van der Waals surface area contributed by atoms with E-state index in [0.29, 0.717) is 37.4 Å². The molecule has 0 bridgehead atoms. The Morgan fingerprint density at radius 3 is 2.42 bits per heavy atom. The SMILES string of the molecule is Cc1ccccc1CN(C)C(=O)C1CCN(S(=O)(=O)c2ccc3c(c2)CCCC3)CC1. The zero-order valence-corrected chi connectivity index (χ0v) is 19.3. The lowest BCUT2D eigenvalue weighted by molar-refractivity contribution is -0.135. The molecule has 1 fully saturated rings. The summed E-state index contributed by atoms with van der Waals surface area (Å²) in [4.78, 5) is 15.1. The number of benzene rings is 2. The molecule has 0 unspecified atom stereocenters. The van der Waals surface area contributed by atoms with Crippen molar-refractivity contribution in [3.05, 3.63) is 64.7 Å². The van der Waals surface area contributed by atoms with Crippen LogP contribution in [0.15, 0.2) is 47.4 Å². The topological polar surface area (TPSA) is 57.7 Å². The van der Waals surface area contributed by atoms with Gasteiger partial charge in [0.2, 0.25) is 15.9 Å². The summed E-state index contributed by atoms with van der Waals surface area (Å²) in [5.74, 6) is -0.0157. The molecule has 2 aromatic carbocycles. The number of carbonyl (C=O) groups excluding carboxylic acids is 1. The van der Waals surface area contributed by atoms with Crippen LogP contribution in [0.4, 0.5) is 0 Å². The molecule has 1 heterocycles. The maximum atomic E-state index is 13.2. The molecule has 6 heteroatoms. The minimum absolute atomic E-state index is 0.106. The Balaban J connectivity index is 1.38. The van der Waals surface area contributed by atoms with E-state index in [2.05, 4.69) is 13.0 Å². The third-order valence-electron chi connectivity index (χ3n) is 6.81. The highest BCUT2D eigenvalue weighted by molar-refractivity contribution is 7.89. The van der Waals surface area contributed by atoms with E-state index in [1.807, 2.05) is 37.4 Å². The zero-order valence-electron chi connectivity index (χ0n) is 18.5. The Bertz CT molecular complexity index is 1060. The molecular formula is C25H32N2O3S. The summed E-state index contributed by atoms with van der Waals surface area (Å²) in [6.45, 7) is 3.43. The van der Waals surface area contributed by atoms with Gasteiger partial charge in [-0.1, -0.05) is 30.3 Å². The van der Waals surface area contributed by atoms with Gasteiger partial charge in [0.15, 0.2) is 0 Å². The molecule has 1 saturated heterocycles. The van der Waals surface area contributed by atoms with Crippen LogP contribution in [0.5, 0.6) is 0 Å². The molecule has 1 aliphatic heterocycles. The highest BCUT2D eigenvalue weighted by atomic mass is 32.2. The molecule has 0 N–H and O–H groups in total. The molecule has 0 spiro atoms. The molecule has 31 heavy (non-hydrogen) atoms. The number of amides is 1. The van der Waals surface area contributed by atoms with Crippen molar-refractivity contribution in [2.45, 2.75) is 56.9 Å². The zero-order chi connectivity index (χ0) is 22.0. The number of aryl methyl sites for hydroxylation is 3. The van der Waals surface area contributed by atoms with Crippen LogP contribution in [-0.4, -0.2) is 43.7 Å². The predicted molar refractivity (Wildman–Crippen MR) is 122 cm³/mol. The van der Waals surface area contributed by atoms with Crippen LogP contribution in [0.3, 0.4) is 0 Å². The third-order valence-corrected chi connectivity index (χ3v) is 8.70. The van der Waals surface area contributed by atoms with Crippen LogP contribution in [0.1, 0.15) is 47.9 Å². The van der Waals surface area contributed by atoms with Gasteiger partial charge in [-0.05, 0) is 79.8 Å². The summed E-state index contributed by atoms with van der Waals surface area (Å²) in [7, 11) is -1.67. The second kappa shape index (κ2) is 9.13. The molecule has 2 aromatic rings. The first-order chi connectivity index (χ1) is 14.9. The fourth-order valence-electron chi connectivity index (χ4n) is 4.80. The number of rotatable bonds is 5. The average molecular weight is 441 g/mol. The first kappa shape index (κ1) is 22.0. The highest BCUT2D eigenvalue weighted by Crippen LogP contribution is 2.29. The number of hydrogen-bond acceptors (Lipinski definition) is 3. The Hall–Kier alpha value is -2.18. The Labute approximate surface area is 186 Å². The van der Waals surface area contributed by atoms with Gasteiger partial charge in [-0.25, -0.2) is 8.42 Å². The van der Waals surface area contributed by atoms with Gasteiger partial charge >= 0.3 is 0 Å². The van der Waals surface area contributed by atoms with Crippen LogP contribution in [0, 0.1) is 12.8 Å². The van der Waals surface area contributed by atoms with Gasteiger partial charge in [0.25, 0.3) is 0 Å². The molecule has 0 aromatic heterocycles. The molecule has 4 rings (SSSR count). The third kappa shape index (κ3) is 4.70. The smallest absolute Gasteiger partial charge is 0.243 e. The minimum Gasteiger partial charge on any atom is -0.341 e. The fourth-order valence-corrected chi connectivity index (χ4v) is 6.32. The van der Waals surface area contributed by atoms with Crippen LogP contribution in [-0.2, 0) is 34.2 Å². The number of hydrogen-bond donors (Lipinski definition) is 0. The van der Waals surface area contributed by atoms with E-state index in [4.69, 9.17) is 0 Å². The quantitative estimate of drug-likeness (QED) is 0.708. The maximum absolute atomic E-state index is 13.2. The van der Waals surface area contributed by atoms with Crippen LogP contribution in [0.25, 0.3) is 0 Å². The van der Waals surface area contributed by atoms with Crippen molar-refractivity contribution in [2.75, 3.05) is 20.1 Å². The first-order valence-corrected chi connectivity index (χ1v) is 12.7. The van der Waals surface area contributed by atoms with Gasteiger partial charge in [-0.2, -0.15) is 4.31 Å². The van der Waals surface area contributed by atoms with Crippen molar-refractivity contribution < 1.29 is 13.2 Å². The number of fused-ring (bicyclic) bond motifs is 1. The molecule has 0 radical (unpaired) electrons. The van der Waals surface area contributed by atoms with Gasteiger partial charge in [0, 0.05) is 32.6 Å². The van der Waals surface area contributed by atoms with E-state index in [0.717, 1.165) is 24.8 Å². The van der Waals surface area contributed by atoms with Crippen molar-refractivity contribution in [3.63, 3.8) is 0 Å². The largest absolute Gasteiger partial charge is 0.341 e.